The number of hydrogen-bond donors (Lipinski definition) is 0. The van der Waals surface area contributed by atoms with Gasteiger partial charge in [0, 0.05) is 31.1 Å². The molecule has 0 amide bonds. The van der Waals surface area contributed by atoms with Gasteiger partial charge in [-0.3, -0.25) is 0 Å². The van der Waals surface area contributed by atoms with Crippen LogP contribution in [0.25, 0.3) is 0 Å². The third-order valence-corrected chi connectivity index (χ3v) is 9.53. The Kier molecular flexibility index (Phi) is 15.1. The minimum atomic E-state index is -4.61. The van der Waals surface area contributed by atoms with Crippen molar-refractivity contribution in [1.82, 2.24) is 13.9 Å². The topological polar surface area (TPSA) is 82.9 Å². The molecule has 1 unspecified atom stereocenters. The van der Waals surface area contributed by atoms with E-state index in [9.17, 15) is 21.6 Å². The van der Waals surface area contributed by atoms with Crippen LogP contribution in [0.5, 0.6) is 17.2 Å². The van der Waals surface area contributed by atoms with Gasteiger partial charge in [0.2, 0.25) is 0 Å². The smallest absolute Gasteiger partial charge is 0.497 e. The van der Waals surface area contributed by atoms with E-state index >= 15 is 0 Å². The minimum absolute atomic E-state index is 0.150. The highest BCUT2D eigenvalue weighted by atomic mass is 35.5. The Morgan fingerprint density at radius 3 is 2.42 bits per heavy atom. The lowest BCUT2D eigenvalue weighted by molar-refractivity contribution is -0.274. The zero-order valence-corrected chi connectivity index (χ0v) is 28.9. The molecule has 45 heavy (non-hydrogen) atoms. The fourth-order valence-corrected chi connectivity index (χ4v) is 7.39. The predicted molar refractivity (Wildman–Crippen MR) is 173 cm³/mol. The first-order chi connectivity index (χ1) is 21.5. The lowest BCUT2D eigenvalue weighted by Crippen LogP contribution is -2.39. The number of thioether (sulfide) groups is 1. The van der Waals surface area contributed by atoms with Crippen LogP contribution < -0.4 is 14.2 Å². The van der Waals surface area contributed by atoms with Gasteiger partial charge in [0.25, 0.3) is 10.0 Å². The molecular formula is C31H41ClF3N3O5S2. The van der Waals surface area contributed by atoms with Gasteiger partial charge in [-0.05, 0) is 54.5 Å². The van der Waals surface area contributed by atoms with Crippen molar-refractivity contribution in [2.24, 2.45) is 0 Å². The monoisotopic (exact) mass is 691 g/mol. The van der Waals surface area contributed by atoms with E-state index < -0.39 is 16.4 Å². The summed E-state index contributed by atoms with van der Waals surface area (Å²) < 4.78 is 80.3. The number of fused-ring (bicyclic) bond motifs is 2. The summed E-state index contributed by atoms with van der Waals surface area (Å²) in [5.41, 5.74) is 2.80. The van der Waals surface area contributed by atoms with Gasteiger partial charge in [-0.1, -0.05) is 57.2 Å². The second-order valence-electron chi connectivity index (χ2n) is 9.37. The first kappa shape index (κ1) is 38.3. The third kappa shape index (κ3) is 9.81. The van der Waals surface area contributed by atoms with Crippen molar-refractivity contribution < 1.29 is 35.8 Å². The van der Waals surface area contributed by atoms with Gasteiger partial charge in [-0.15, -0.1) is 24.8 Å². The van der Waals surface area contributed by atoms with E-state index in [1.54, 1.807) is 37.0 Å². The van der Waals surface area contributed by atoms with Crippen LogP contribution in [-0.4, -0.2) is 55.8 Å². The number of ether oxygens (including phenoxy) is 3. The normalized spacial score (nSPS) is 15.5. The van der Waals surface area contributed by atoms with Gasteiger partial charge < -0.3 is 18.8 Å². The van der Waals surface area contributed by atoms with Crippen molar-refractivity contribution in [3.63, 3.8) is 0 Å². The van der Waals surface area contributed by atoms with Crippen molar-refractivity contribution in [2.45, 2.75) is 76.1 Å². The second kappa shape index (κ2) is 17.7. The number of allylic oxidation sites excluding steroid dienone is 1. The van der Waals surface area contributed by atoms with Crippen LogP contribution >= 0.6 is 23.4 Å². The van der Waals surface area contributed by atoms with E-state index in [1.165, 1.54) is 40.8 Å². The molecule has 5 rings (SSSR count). The first-order valence-corrected chi connectivity index (χ1v) is 17.4. The van der Waals surface area contributed by atoms with Gasteiger partial charge in [0.1, 0.15) is 17.2 Å². The van der Waals surface area contributed by atoms with Crippen molar-refractivity contribution in [2.75, 3.05) is 27.1 Å². The SMILES string of the molecule is CC.CCCc1cccc(OC(F)(F)F)c1.CCl.COc1cc2c(c(OC)c1)C(C)N(S(=O)(=O)c1cnc3n1CC=CS3)CC2. The Morgan fingerprint density at radius 2 is 1.80 bits per heavy atom. The van der Waals surface area contributed by atoms with Gasteiger partial charge in [-0.25, -0.2) is 13.4 Å². The van der Waals surface area contributed by atoms with E-state index in [0.29, 0.717) is 36.2 Å². The van der Waals surface area contributed by atoms with Crippen molar-refractivity contribution in [3.8, 4) is 17.2 Å². The van der Waals surface area contributed by atoms with E-state index in [2.05, 4.69) is 21.3 Å². The van der Waals surface area contributed by atoms with Gasteiger partial charge in [0.05, 0.1) is 26.5 Å². The Balaban J connectivity index is 0.000000332. The number of halogens is 4. The summed E-state index contributed by atoms with van der Waals surface area (Å²) in [4.78, 5) is 4.27. The van der Waals surface area contributed by atoms with E-state index in [0.717, 1.165) is 29.5 Å². The molecule has 0 saturated heterocycles. The van der Waals surface area contributed by atoms with Crippen molar-refractivity contribution in [3.05, 3.63) is 70.8 Å². The molecule has 0 spiro atoms. The van der Waals surface area contributed by atoms with Crippen LogP contribution in [0.2, 0.25) is 0 Å². The molecule has 2 aromatic carbocycles. The molecule has 3 aromatic rings. The number of benzene rings is 2. The molecule has 0 saturated carbocycles. The molecule has 0 N–H and O–H groups in total. The minimum Gasteiger partial charge on any atom is -0.497 e. The maximum atomic E-state index is 13.4. The van der Waals surface area contributed by atoms with Gasteiger partial charge in [0.15, 0.2) is 10.2 Å². The molecule has 0 bridgehead atoms. The Bertz CT molecular complexity index is 1500. The van der Waals surface area contributed by atoms with Crippen molar-refractivity contribution in [1.29, 1.82) is 0 Å². The lowest BCUT2D eigenvalue weighted by Gasteiger charge is -2.35. The van der Waals surface area contributed by atoms with Crippen LogP contribution in [0.3, 0.4) is 0 Å². The molecule has 8 nitrogen and oxygen atoms in total. The molecule has 14 heteroatoms. The summed E-state index contributed by atoms with van der Waals surface area (Å²) in [7, 11) is -0.493. The summed E-state index contributed by atoms with van der Waals surface area (Å²) in [5, 5.41) is 2.86. The fraction of sp³-hybridized carbons (Fsp3) is 0.452. The van der Waals surface area contributed by atoms with Crippen LogP contribution in [0.4, 0.5) is 13.2 Å². The number of sulfonamides is 1. The molecule has 0 radical (unpaired) electrons. The molecule has 1 atom stereocenters. The number of alkyl halides is 4. The average molecular weight is 692 g/mol. The number of imidazole rings is 1. The Hall–Kier alpha value is -2.87. The maximum Gasteiger partial charge on any atom is 0.573 e. The summed E-state index contributed by atoms with van der Waals surface area (Å²) in [5.74, 6) is 1.21. The lowest BCUT2D eigenvalue weighted by atomic mass is 9.94. The van der Waals surface area contributed by atoms with E-state index in [-0.39, 0.29) is 16.8 Å². The quantitative estimate of drug-likeness (QED) is 0.231. The maximum absolute atomic E-state index is 13.4. The molecule has 3 heterocycles. The van der Waals surface area contributed by atoms with Gasteiger partial charge >= 0.3 is 6.36 Å². The highest BCUT2D eigenvalue weighted by Crippen LogP contribution is 2.42. The zero-order chi connectivity index (χ0) is 33.8. The first-order valence-electron chi connectivity index (χ1n) is 14.3. The molecular weight excluding hydrogens is 651 g/mol. The van der Waals surface area contributed by atoms with Crippen molar-refractivity contribution >= 4 is 33.4 Å². The molecule has 250 valence electrons. The van der Waals surface area contributed by atoms with Crippen LogP contribution in [0, 0.1) is 0 Å². The second-order valence-corrected chi connectivity index (χ2v) is 12.1. The standard InChI is InChI=1S/C18H21N3O4S2.C10H11F3O.C2H6.CH3Cl/c1-12-17-13(9-14(24-2)10-15(17)25-3)5-7-21(12)27(22,23)16-11-19-18-20(16)6-4-8-26-18;1-2-4-8-5-3-6-9(7-8)14-10(11,12)13;2*1-2/h4,8-12H,5-7H2,1-3H3;3,5-7H,2,4H2,1H3;1-2H3;1H3. The van der Waals surface area contributed by atoms with Crippen LogP contribution in [-0.2, 0) is 29.4 Å². The number of nitrogens with zero attached hydrogens (tertiary/aromatic N) is 3. The molecule has 2 aliphatic rings. The fourth-order valence-electron chi connectivity index (χ4n) is 4.90. The molecule has 2 aliphatic heterocycles. The summed E-state index contributed by atoms with van der Waals surface area (Å²) in [6.45, 7) is 8.77. The third-order valence-electron chi connectivity index (χ3n) is 6.69. The molecule has 1 aromatic heterocycles. The number of rotatable bonds is 7. The number of methoxy groups -OCH3 is 2. The van der Waals surface area contributed by atoms with E-state index in [1.807, 2.05) is 45.2 Å². The highest BCUT2D eigenvalue weighted by molar-refractivity contribution is 8.02. The highest BCUT2D eigenvalue weighted by Gasteiger charge is 2.38. The zero-order valence-electron chi connectivity index (χ0n) is 26.5. The summed E-state index contributed by atoms with van der Waals surface area (Å²) in [6, 6.07) is 9.47. The average Bonchev–Trinajstić information content (AvgIpc) is 3.48. The predicted octanol–water partition coefficient (Wildman–Crippen LogP) is 8.25. The number of hydrogen-bond acceptors (Lipinski definition) is 7. The van der Waals surface area contributed by atoms with E-state index in [4.69, 9.17) is 9.47 Å². The Labute approximate surface area is 273 Å². The van der Waals surface area contributed by atoms with Crippen LogP contribution in [0.1, 0.15) is 56.8 Å². The largest absolute Gasteiger partial charge is 0.573 e. The number of aryl methyl sites for hydroxylation is 1. The molecule has 0 aliphatic carbocycles. The summed E-state index contributed by atoms with van der Waals surface area (Å²) >= 11 is 6.07. The molecule has 0 fully saturated rings. The number of aromatic nitrogens is 2. The Morgan fingerprint density at radius 1 is 1.09 bits per heavy atom. The van der Waals surface area contributed by atoms with Gasteiger partial charge in [-0.2, -0.15) is 4.31 Å². The van der Waals surface area contributed by atoms with Crippen LogP contribution in [0.15, 0.2) is 64.3 Å². The summed E-state index contributed by atoms with van der Waals surface area (Å²) in [6.07, 6.45) is 2.51.